The molecular formula is C26H25F3N4O2. The molecule has 3 aromatic carbocycles. The van der Waals surface area contributed by atoms with E-state index in [9.17, 15) is 22.8 Å². The Bertz CT molecular complexity index is 1190. The minimum atomic E-state index is -4.43. The lowest BCUT2D eigenvalue weighted by Gasteiger charge is -2.35. The first-order valence-electron chi connectivity index (χ1n) is 11.2. The summed E-state index contributed by atoms with van der Waals surface area (Å²) in [5.41, 5.74) is 2.66. The number of alkyl halides is 3. The fraction of sp³-hybridized carbons (Fsp3) is 0.231. The Morgan fingerprint density at radius 3 is 2.17 bits per heavy atom. The van der Waals surface area contributed by atoms with Crippen molar-refractivity contribution >= 4 is 29.1 Å². The summed E-state index contributed by atoms with van der Waals surface area (Å²) in [6, 6.07) is 18.7. The van der Waals surface area contributed by atoms with Gasteiger partial charge >= 0.3 is 18.2 Å². The third-order valence-electron chi connectivity index (χ3n) is 5.69. The SMILES string of the molecule is Cc1ccc(NC(=O)Nc2ccc(N3CCCN(Cc4cccc(C(F)(F)F)c4)C3=O)cc2)cc1. The van der Waals surface area contributed by atoms with Gasteiger partial charge in [-0.3, -0.25) is 4.90 Å². The second-order valence-electron chi connectivity index (χ2n) is 8.40. The highest BCUT2D eigenvalue weighted by Crippen LogP contribution is 2.30. The quantitative estimate of drug-likeness (QED) is 0.437. The Hall–Kier alpha value is -4.01. The van der Waals surface area contributed by atoms with Crippen LogP contribution in [0.15, 0.2) is 72.8 Å². The molecule has 0 bridgehead atoms. The van der Waals surface area contributed by atoms with E-state index in [2.05, 4.69) is 10.6 Å². The number of nitrogens with zero attached hydrogens (tertiary/aromatic N) is 2. The second-order valence-corrected chi connectivity index (χ2v) is 8.40. The lowest BCUT2D eigenvalue weighted by Crippen LogP contribution is -2.49. The number of hydrogen-bond acceptors (Lipinski definition) is 2. The highest BCUT2D eigenvalue weighted by atomic mass is 19.4. The predicted molar refractivity (Wildman–Crippen MR) is 129 cm³/mol. The van der Waals surface area contributed by atoms with Gasteiger partial charge in [-0.05, 0) is 67.4 Å². The summed E-state index contributed by atoms with van der Waals surface area (Å²) >= 11 is 0. The number of nitrogens with one attached hydrogen (secondary N) is 2. The number of benzene rings is 3. The molecule has 4 rings (SSSR count). The van der Waals surface area contributed by atoms with Crippen LogP contribution < -0.4 is 15.5 Å². The summed E-state index contributed by atoms with van der Waals surface area (Å²) in [5, 5.41) is 5.50. The fourth-order valence-corrected chi connectivity index (χ4v) is 3.89. The molecule has 1 fully saturated rings. The second kappa shape index (κ2) is 10.1. The third-order valence-corrected chi connectivity index (χ3v) is 5.69. The highest BCUT2D eigenvalue weighted by molar-refractivity contribution is 6.00. The first-order valence-corrected chi connectivity index (χ1v) is 11.2. The van der Waals surface area contributed by atoms with Crippen LogP contribution in [0.25, 0.3) is 0 Å². The Morgan fingerprint density at radius 2 is 1.54 bits per heavy atom. The monoisotopic (exact) mass is 482 g/mol. The number of rotatable bonds is 5. The first kappa shape index (κ1) is 24.1. The van der Waals surface area contributed by atoms with Gasteiger partial charge in [0.05, 0.1) is 5.56 Å². The van der Waals surface area contributed by atoms with E-state index in [0.29, 0.717) is 42.1 Å². The van der Waals surface area contributed by atoms with Crippen molar-refractivity contribution in [1.29, 1.82) is 0 Å². The standard InChI is InChI=1S/C26H25F3N4O2/c1-18-6-8-21(9-7-18)30-24(34)31-22-10-12-23(13-11-22)33-15-3-14-32(25(33)35)17-19-4-2-5-20(16-19)26(27,28)29/h2,4-13,16H,3,14-15,17H2,1H3,(H2,30,31,34). The Kier molecular flexibility index (Phi) is 6.95. The van der Waals surface area contributed by atoms with Crippen LogP contribution in [0.2, 0.25) is 0 Å². The van der Waals surface area contributed by atoms with Gasteiger partial charge < -0.3 is 15.5 Å². The van der Waals surface area contributed by atoms with Gasteiger partial charge in [-0.2, -0.15) is 13.2 Å². The van der Waals surface area contributed by atoms with Crippen LogP contribution in [-0.4, -0.2) is 30.1 Å². The Labute approximate surface area is 201 Å². The van der Waals surface area contributed by atoms with Gasteiger partial charge in [-0.1, -0.05) is 29.8 Å². The molecule has 35 heavy (non-hydrogen) atoms. The molecule has 3 aromatic rings. The molecule has 0 saturated carbocycles. The summed E-state index contributed by atoms with van der Waals surface area (Å²) in [6.45, 7) is 3.02. The molecule has 9 heteroatoms. The Morgan fingerprint density at radius 1 is 0.914 bits per heavy atom. The van der Waals surface area contributed by atoms with Crippen LogP contribution in [0.5, 0.6) is 0 Å². The summed E-state index contributed by atoms with van der Waals surface area (Å²) in [4.78, 5) is 28.4. The number of carbonyl (C=O) groups excluding carboxylic acids is 2. The number of aryl methyl sites for hydroxylation is 1. The third kappa shape index (κ3) is 6.11. The summed E-state index contributed by atoms with van der Waals surface area (Å²) in [5.74, 6) is 0. The van der Waals surface area contributed by atoms with E-state index in [1.54, 1.807) is 40.1 Å². The molecule has 6 nitrogen and oxygen atoms in total. The van der Waals surface area contributed by atoms with Gasteiger partial charge in [0.1, 0.15) is 0 Å². The van der Waals surface area contributed by atoms with Gasteiger partial charge in [-0.25, -0.2) is 9.59 Å². The minimum Gasteiger partial charge on any atom is -0.320 e. The molecule has 0 unspecified atom stereocenters. The van der Waals surface area contributed by atoms with E-state index in [1.807, 2.05) is 31.2 Å². The van der Waals surface area contributed by atoms with Crippen LogP contribution in [0, 0.1) is 6.92 Å². The van der Waals surface area contributed by atoms with E-state index in [0.717, 1.165) is 17.7 Å². The topological polar surface area (TPSA) is 64.7 Å². The molecule has 1 aliphatic rings. The normalized spacial score (nSPS) is 14.1. The van der Waals surface area contributed by atoms with Crippen LogP contribution in [-0.2, 0) is 12.7 Å². The predicted octanol–water partition coefficient (Wildman–Crippen LogP) is 6.49. The average Bonchev–Trinajstić information content (AvgIpc) is 2.82. The highest BCUT2D eigenvalue weighted by Gasteiger charge is 2.31. The molecule has 4 amide bonds. The zero-order valence-corrected chi connectivity index (χ0v) is 19.1. The lowest BCUT2D eigenvalue weighted by molar-refractivity contribution is -0.137. The van der Waals surface area contributed by atoms with Crippen LogP contribution in [0.3, 0.4) is 0 Å². The zero-order chi connectivity index (χ0) is 25.0. The van der Waals surface area contributed by atoms with E-state index in [4.69, 9.17) is 0 Å². The number of amides is 4. The minimum absolute atomic E-state index is 0.0953. The molecule has 0 radical (unpaired) electrons. The van der Waals surface area contributed by atoms with Crippen molar-refractivity contribution < 1.29 is 22.8 Å². The van der Waals surface area contributed by atoms with Crippen molar-refractivity contribution in [3.63, 3.8) is 0 Å². The van der Waals surface area contributed by atoms with Crippen LogP contribution >= 0.6 is 0 Å². The summed E-state index contributed by atoms with van der Waals surface area (Å²) in [6.07, 6.45) is -3.75. The van der Waals surface area contributed by atoms with Crippen molar-refractivity contribution in [2.45, 2.75) is 26.1 Å². The maximum atomic E-state index is 13.1. The zero-order valence-electron chi connectivity index (χ0n) is 19.1. The van der Waals surface area contributed by atoms with Gasteiger partial charge in [0.15, 0.2) is 0 Å². The molecule has 1 aliphatic heterocycles. The van der Waals surface area contributed by atoms with Crippen LogP contribution in [0.4, 0.5) is 39.8 Å². The number of halogens is 3. The summed E-state index contributed by atoms with van der Waals surface area (Å²) < 4.78 is 39.1. The van der Waals surface area contributed by atoms with Crippen molar-refractivity contribution in [1.82, 2.24) is 4.90 Å². The van der Waals surface area contributed by atoms with Crippen LogP contribution in [0.1, 0.15) is 23.1 Å². The number of urea groups is 2. The molecule has 2 N–H and O–H groups in total. The molecule has 0 spiro atoms. The average molecular weight is 483 g/mol. The maximum absolute atomic E-state index is 13.1. The van der Waals surface area contributed by atoms with Crippen molar-refractivity contribution in [2.24, 2.45) is 0 Å². The number of anilines is 3. The van der Waals surface area contributed by atoms with E-state index >= 15 is 0 Å². The molecule has 0 aromatic heterocycles. The van der Waals surface area contributed by atoms with Gasteiger partial charge in [-0.15, -0.1) is 0 Å². The van der Waals surface area contributed by atoms with E-state index in [-0.39, 0.29) is 18.6 Å². The molecular weight excluding hydrogens is 457 g/mol. The van der Waals surface area contributed by atoms with Crippen molar-refractivity contribution in [3.05, 3.63) is 89.5 Å². The largest absolute Gasteiger partial charge is 0.416 e. The number of carbonyl (C=O) groups is 2. The van der Waals surface area contributed by atoms with Gasteiger partial charge in [0.2, 0.25) is 0 Å². The molecule has 0 atom stereocenters. The smallest absolute Gasteiger partial charge is 0.320 e. The molecule has 1 heterocycles. The van der Waals surface area contributed by atoms with E-state index < -0.39 is 11.7 Å². The lowest BCUT2D eigenvalue weighted by atomic mass is 10.1. The maximum Gasteiger partial charge on any atom is 0.416 e. The molecule has 182 valence electrons. The van der Waals surface area contributed by atoms with Crippen molar-refractivity contribution in [3.8, 4) is 0 Å². The van der Waals surface area contributed by atoms with E-state index in [1.165, 1.54) is 6.07 Å². The fourth-order valence-electron chi connectivity index (χ4n) is 3.89. The Balaban J connectivity index is 1.38. The molecule has 0 aliphatic carbocycles. The van der Waals surface area contributed by atoms with Gasteiger partial charge in [0, 0.05) is 36.7 Å². The first-order chi connectivity index (χ1) is 16.7. The van der Waals surface area contributed by atoms with Crippen molar-refractivity contribution in [2.75, 3.05) is 28.6 Å². The summed E-state index contributed by atoms with van der Waals surface area (Å²) in [7, 11) is 0. The number of hydrogen-bond donors (Lipinski definition) is 2. The van der Waals surface area contributed by atoms with Gasteiger partial charge in [0.25, 0.3) is 0 Å². The molecule has 1 saturated heterocycles.